The molecule has 0 bridgehead atoms. The Kier molecular flexibility index (Phi) is 4.25. The van der Waals surface area contributed by atoms with Crippen molar-refractivity contribution in [3.8, 4) is 0 Å². The monoisotopic (exact) mass is 214 g/mol. The first kappa shape index (κ1) is 12.6. The first-order valence-electron chi connectivity index (χ1n) is 3.59. The van der Waals surface area contributed by atoms with Crippen LogP contribution in [0.2, 0.25) is 0 Å². The number of aryl methyl sites for hydroxylation is 1. The van der Waals surface area contributed by atoms with Crippen LogP contribution in [0.15, 0.2) is 18.2 Å². The maximum absolute atomic E-state index is 10.6. The van der Waals surface area contributed by atoms with Crippen LogP contribution in [0.3, 0.4) is 0 Å². The van der Waals surface area contributed by atoms with Gasteiger partial charge in [0.2, 0.25) is 0 Å². The van der Waals surface area contributed by atoms with Gasteiger partial charge in [0.1, 0.15) is 0 Å². The van der Waals surface area contributed by atoms with E-state index < -0.39 is 11.9 Å². The third-order valence-corrected chi connectivity index (χ3v) is 1.64. The summed E-state index contributed by atoms with van der Waals surface area (Å²) < 4.78 is 0. The van der Waals surface area contributed by atoms with Crippen molar-refractivity contribution in [2.75, 3.05) is 0 Å². The Bertz CT molecular complexity index is 373. The van der Waals surface area contributed by atoms with E-state index >= 15 is 0 Å². The number of benzene rings is 1. The zero-order valence-corrected chi connectivity index (χ0v) is 9.06. The maximum atomic E-state index is 10.6. The topological polar surface area (TPSA) is 74.6 Å². The molecule has 1 unspecified atom stereocenters. The smallest absolute Gasteiger partial charge is 0.336 e. The molecule has 1 aromatic rings. The molecule has 0 aromatic heterocycles. The van der Waals surface area contributed by atoms with Gasteiger partial charge in [0.05, 0.1) is 11.1 Å². The Hall–Kier alpha value is -1.41. The zero-order valence-electron chi connectivity index (χ0n) is 7.65. The van der Waals surface area contributed by atoms with Crippen LogP contribution in [0.25, 0.3) is 0 Å². The van der Waals surface area contributed by atoms with Gasteiger partial charge in [-0.2, -0.15) is 9.90 Å². The molecule has 0 spiro atoms. The Labute approximate surface area is 84.2 Å². The van der Waals surface area contributed by atoms with Gasteiger partial charge in [-0.15, -0.1) is 0 Å². The number of hydrogen-bond acceptors (Lipinski definition) is 2. The van der Waals surface area contributed by atoms with Crippen LogP contribution in [0.1, 0.15) is 26.3 Å². The Morgan fingerprint density at radius 2 is 1.57 bits per heavy atom. The van der Waals surface area contributed by atoms with Gasteiger partial charge in [-0.25, -0.2) is 9.59 Å². The summed E-state index contributed by atoms with van der Waals surface area (Å²) >= 11 is 0. The summed E-state index contributed by atoms with van der Waals surface area (Å²) in [6, 6.07) is 4.20. The quantitative estimate of drug-likeness (QED) is 0.730. The van der Waals surface area contributed by atoms with E-state index in [9.17, 15) is 9.59 Å². The molecule has 1 rings (SSSR count). The van der Waals surface area contributed by atoms with E-state index in [-0.39, 0.29) is 21.0 Å². The van der Waals surface area contributed by atoms with E-state index in [0.29, 0.717) is 0 Å². The Morgan fingerprint density at radius 3 is 2.00 bits per heavy atom. The van der Waals surface area contributed by atoms with Crippen molar-refractivity contribution in [3.63, 3.8) is 0 Å². The summed E-state index contributed by atoms with van der Waals surface area (Å²) in [6.45, 7) is 1.71. The average Bonchev–Trinajstić information content (AvgIpc) is 2.03. The Balaban J connectivity index is 0.00000169. The van der Waals surface area contributed by atoms with Crippen LogP contribution >= 0.6 is 9.90 Å². The van der Waals surface area contributed by atoms with Crippen molar-refractivity contribution >= 4 is 21.8 Å². The van der Waals surface area contributed by atoms with Crippen LogP contribution in [0.4, 0.5) is 0 Å². The largest absolute Gasteiger partial charge is 0.478 e. The molecule has 4 nitrogen and oxygen atoms in total. The van der Waals surface area contributed by atoms with Crippen molar-refractivity contribution in [1.82, 2.24) is 0 Å². The molecule has 14 heavy (non-hydrogen) atoms. The van der Waals surface area contributed by atoms with Crippen molar-refractivity contribution in [3.05, 3.63) is 34.9 Å². The molecule has 2 N–H and O–H groups in total. The molecule has 0 aliphatic heterocycles. The molecular weight excluding hydrogens is 203 g/mol. The van der Waals surface area contributed by atoms with Gasteiger partial charge in [-0.05, 0) is 19.1 Å². The minimum absolute atomic E-state index is 0. The van der Waals surface area contributed by atoms with Crippen LogP contribution in [0, 0.1) is 6.92 Å². The normalized spacial score (nSPS) is 8.93. The molecule has 0 aliphatic rings. The number of hydrogen-bond donors (Lipinski definition) is 2. The number of rotatable bonds is 2. The van der Waals surface area contributed by atoms with E-state index in [1.165, 1.54) is 12.1 Å². The average molecular weight is 214 g/mol. The van der Waals surface area contributed by atoms with E-state index in [0.717, 1.165) is 5.56 Å². The summed E-state index contributed by atoms with van der Waals surface area (Å²) in [7, 11) is 0. The molecule has 1 atom stereocenters. The lowest BCUT2D eigenvalue weighted by Crippen LogP contribution is -2.07. The van der Waals surface area contributed by atoms with Gasteiger partial charge < -0.3 is 10.2 Å². The fourth-order valence-electron chi connectivity index (χ4n) is 1.02. The predicted molar refractivity (Wildman–Crippen MR) is 56.2 cm³/mol. The molecule has 0 amide bonds. The van der Waals surface area contributed by atoms with E-state index in [4.69, 9.17) is 10.2 Å². The molecule has 0 aliphatic carbocycles. The highest BCUT2D eigenvalue weighted by Crippen LogP contribution is 2.11. The SMILES string of the molecule is Cc1ccc(C(=O)O)c(C(=O)O)c1.P. The number of carbonyl (C=O) groups is 2. The van der Waals surface area contributed by atoms with Gasteiger partial charge in [0.25, 0.3) is 0 Å². The highest BCUT2D eigenvalue weighted by atomic mass is 31.0. The van der Waals surface area contributed by atoms with Crippen LogP contribution in [-0.4, -0.2) is 22.2 Å². The molecule has 0 radical (unpaired) electrons. The van der Waals surface area contributed by atoms with E-state index in [1.54, 1.807) is 13.0 Å². The number of carboxylic acid groups (broad SMARTS) is 2. The minimum Gasteiger partial charge on any atom is -0.478 e. The first-order chi connectivity index (χ1) is 6.02. The van der Waals surface area contributed by atoms with Crippen molar-refractivity contribution < 1.29 is 19.8 Å². The lowest BCUT2D eigenvalue weighted by molar-refractivity contribution is 0.0651. The lowest BCUT2D eigenvalue weighted by Gasteiger charge is -2.01. The second-order valence-corrected chi connectivity index (χ2v) is 2.66. The fraction of sp³-hybridized carbons (Fsp3) is 0.111. The standard InChI is InChI=1S/C9H8O4.H3P/c1-5-2-3-6(8(10)11)7(4-5)9(12)13;/h2-4H,1H3,(H,10,11)(H,12,13);1H3. The van der Waals surface area contributed by atoms with Crippen LogP contribution in [-0.2, 0) is 0 Å². The molecule has 0 fully saturated rings. The molecule has 1 aromatic carbocycles. The lowest BCUT2D eigenvalue weighted by atomic mass is 10.0. The summed E-state index contributed by atoms with van der Waals surface area (Å²) in [6.07, 6.45) is 0. The molecule has 0 saturated carbocycles. The molecular formula is C9H11O4P. The summed E-state index contributed by atoms with van der Waals surface area (Å²) in [5.74, 6) is -2.45. The maximum Gasteiger partial charge on any atom is 0.336 e. The highest BCUT2D eigenvalue weighted by Gasteiger charge is 2.14. The third-order valence-electron chi connectivity index (χ3n) is 1.64. The van der Waals surface area contributed by atoms with Crippen LogP contribution < -0.4 is 0 Å². The number of carboxylic acids is 2. The Morgan fingerprint density at radius 1 is 1.07 bits per heavy atom. The summed E-state index contributed by atoms with van der Waals surface area (Å²) in [5.41, 5.74) is 0.369. The fourth-order valence-corrected chi connectivity index (χ4v) is 1.02. The molecule has 0 saturated heterocycles. The highest BCUT2D eigenvalue weighted by molar-refractivity contribution is 6.92. The number of aromatic carboxylic acids is 2. The van der Waals surface area contributed by atoms with Crippen molar-refractivity contribution in [2.24, 2.45) is 0 Å². The van der Waals surface area contributed by atoms with Crippen molar-refractivity contribution in [2.45, 2.75) is 6.92 Å². The van der Waals surface area contributed by atoms with Crippen molar-refractivity contribution in [1.29, 1.82) is 0 Å². The first-order valence-corrected chi connectivity index (χ1v) is 3.59. The molecule has 5 heteroatoms. The van der Waals surface area contributed by atoms with Gasteiger partial charge in [0, 0.05) is 0 Å². The van der Waals surface area contributed by atoms with Gasteiger partial charge in [-0.3, -0.25) is 0 Å². The van der Waals surface area contributed by atoms with Gasteiger partial charge in [-0.1, -0.05) is 11.6 Å². The van der Waals surface area contributed by atoms with Crippen LogP contribution in [0.5, 0.6) is 0 Å². The molecule has 0 heterocycles. The van der Waals surface area contributed by atoms with E-state index in [1.807, 2.05) is 0 Å². The third kappa shape index (κ3) is 2.54. The van der Waals surface area contributed by atoms with Gasteiger partial charge >= 0.3 is 11.9 Å². The zero-order chi connectivity index (χ0) is 10.0. The van der Waals surface area contributed by atoms with E-state index in [2.05, 4.69) is 0 Å². The second kappa shape index (κ2) is 4.72. The predicted octanol–water partition coefficient (Wildman–Crippen LogP) is 1.45. The second-order valence-electron chi connectivity index (χ2n) is 2.66. The summed E-state index contributed by atoms with van der Waals surface area (Å²) in [4.78, 5) is 21.2. The van der Waals surface area contributed by atoms with Gasteiger partial charge in [0.15, 0.2) is 0 Å². The molecule has 76 valence electrons. The minimum atomic E-state index is -1.22. The summed E-state index contributed by atoms with van der Waals surface area (Å²) in [5, 5.41) is 17.3.